The number of hydrogen-bond donors (Lipinski definition) is 4. The van der Waals surface area contributed by atoms with Crippen molar-refractivity contribution in [3.8, 4) is 0 Å². The van der Waals surface area contributed by atoms with E-state index in [0.29, 0.717) is 88.3 Å². The molecule has 8 aliphatic rings. The maximum atomic E-state index is 8.97. The minimum atomic E-state index is -1.56. The van der Waals surface area contributed by atoms with E-state index in [0.717, 1.165) is 230 Å². The molecular weight excluding hydrogens is 1600 g/mol. The van der Waals surface area contributed by atoms with Crippen LogP contribution in [0.5, 0.6) is 0 Å². The van der Waals surface area contributed by atoms with Gasteiger partial charge in [0.1, 0.15) is 0 Å². The van der Waals surface area contributed by atoms with Gasteiger partial charge < -0.3 is 38.8 Å². The maximum Gasteiger partial charge on any atom is 0.192 e. The van der Waals surface area contributed by atoms with Crippen molar-refractivity contribution in [2.45, 2.75) is 400 Å². The van der Waals surface area contributed by atoms with Crippen molar-refractivity contribution in [3.05, 3.63) is 144 Å². The Kier molecular flexibility index (Phi) is 54.7. The molecule has 0 aromatic heterocycles. The van der Waals surface area contributed by atoms with Crippen LogP contribution < -0.4 is 0 Å². The number of rotatable bonds is 12. The lowest BCUT2D eigenvalue weighted by Crippen LogP contribution is -2.44. The number of benzene rings is 4. The monoisotopic (exact) mass is 1730 g/mol. The van der Waals surface area contributed by atoms with Gasteiger partial charge in [0.15, 0.2) is 16.6 Å². The van der Waals surface area contributed by atoms with Crippen LogP contribution in [0.3, 0.4) is 0 Å². The Morgan fingerprint density at radius 1 is 0.269 bits per heavy atom. The van der Waals surface area contributed by atoms with E-state index in [1.807, 2.05) is 97.1 Å². The highest BCUT2D eigenvalue weighted by Crippen LogP contribution is 2.41. The van der Waals surface area contributed by atoms with Crippen molar-refractivity contribution >= 4 is 133 Å². The molecule has 108 heavy (non-hydrogen) atoms. The molecule has 4 aromatic carbocycles. The highest BCUT2D eigenvalue weighted by molar-refractivity contribution is 6.74. The van der Waals surface area contributed by atoms with Crippen LogP contribution >= 0.6 is 116 Å². The first-order valence-corrected chi connectivity index (χ1v) is 51.1. The average Bonchev–Trinajstić information content (AvgIpc) is 0.830. The predicted octanol–water partition coefficient (Wildman–Crippen LogP) is 27.6. The number of alkyl halides is 10. The molecule has 8 saturated carbocycles. The Morgan fingerprint density at radius 2 is 0.435 bits per heavy atom. The van der Waals surface area contributed by atoms with Gasteiger partial charge in [-0.3, -0.25) is 0 Å². The first kappa shape index (κ1) is 102. The lowest BCUT2D eigenvalue weighted by molar-refractivity contribution is 0.0174. The van der Waals surface area contributed by atoms with E-state index >= 15 is 0 Å². The fraction of sp³-hybridized carbons (Fsp3) is 0.727. The number of aliphatic hydroxyl groups excluding tert-OH is 4. The molecule has 620 valence electrons. The second-order valence-electron chi connectivity index (χ2n) is 33.6. The molecule has 8 nitrogen and oxygen atoms in total. The van der Waals surface area contributed by atoms with Crippen LogP contribution in [0, 0.1) is 0 Å². The average molecular weight is 1740 g/mol. The Bertz CT molecular complexity index is 2450. The topological polar surface area (TPSA) is 118 Å². The zero-order valence-corrected chi connectivity index (χ0v) is 77.0. The smallest absolute Gasteiger partial charge is 0.192 e. The summed E-state index contributed by atoms with van der Waals surface area (Å²) in [5.74, 6) is 0. The number of hydrogen-bond acceptors (Lipinski definition) is 8. The number of ether oxygens (including phenoxy) is 2. The van der Waals surface area contributed by atoms with Gasteiger partial charge in [-0.2, -0.15) is 0 Å². The van der Waals surface area contributed by atoms with E-state index in [-0.39, 0.29) is 25.4 Å². The Labute approximate surface area is 709 Å². The third kappa shape index (κ3) is 49.2. The lowest BCUT2D eigenvalue weighted by Gasteiger charge is -2.40. The molecule has 20 heteroatoms. The van der Waals surface area contributed by atoms with Gasteiger partial charge in [0.2, 0.25) is 0 Å². The molecule has 0 spiro atoms. The van der Waals surface area contributed by atoms with Crippen LogP contribution in [0.2, 0.25) is 36.3 Å². The van der Waals surface area contributed by atoms with E-state index in [2.05, 4.69) is 92.0 Å². The van der Waals surface area contributed by atoms with Crippen LogP contribution in [0.4, 0.5) is 0 Å². The van der Waals surface area contributed by atoms with Crippen molar-refractivity contribution in [2.24, 2.45) is 0 Å². The number of halogens is 10. The molecule has 8 aliphatic carbocycles. The minimum Gasteiger partial charge on any atom is -0.414 e. The molecule has 4 N–H and O–H groups in total. The molecule has 8 fully saturated rings. The fourth-order valence-electron chi connectivity index (χ4n) is 12.7. The highest BCUT2D eigenvalue weighted by Gasteiger charge is 2.41. The third-order valence-corrected chi connectivity index (χ3v) is 35.5. The van der Waals surface area contributed by atoms with Gasteiger partial charge in [-0.05, 0) is 264 Å². The molecule has 0 saturated heterocycles. The summed E-state index contributed by atoms with van der Waals surface area (Å²) in [7, 11) is -3.11. The SMILES string of the molecule is CC(C)(C)[Si](C)(C)OC1CCC(Cl)CC1.CC(C)(C)[Si](C)(C)OC1CCC(Cl)CC1.ClC1CCC(Cl)CC1.ClC1CCC(Cl)CC1.ClC1CCC(OCc2ccccc2)CC1.ClC1CCC(OCc2ccccc2)CC1.OC1CCC(Cl)CC1.OC1CCC(Cl)CC1.OCc1ccccc1.OCc1ccccc1. The zero-order chi connectivity index (χ0) is 80.0. The first-order chi connectivity index (χ1) is 51.1. The van der Waals surface area contributed by atoms with Gasteiger partial charge in [-0.25, -0.2) is 0 Å². The highest BCUT2D eigenvalue weighted by atomic mass is 35.5. The molecule has 0 aliphatic heterocycles. The van der Waals surface area contributed by atoms with Crippen LogP contribution in [-0.2, 0) is 44.8 Å². The molecule has 4 aromatic rings. The summed E-state index contributed by atoms with van der Waals surface area (Å²) in [6.45, 7) is 24.9. The Hall–Kier alpha value is -0.106. The second-order valence-corrected chi connectivity index (χ2v) is 49.3. The molecule has 0 unspecified atom stereocenters. The van der Waals surface area contributed by atoms with E-state index in [1.165, 1.54) is 11.1 Å². The summed E-state index contributed by atoms with van der Waals surface area (Å²) in [4.78, 5) is 0. The second kappa shape index (κ2) is 57.9. The van der Waals surface area contributed by atoms with Crippen LogP contribution in [-0.4, -0.2) is 127 Å². The van der Waals surface area contributed by atoms with Crippen molar-refractivity contribution < 1.29 is 38.8 Å². The van der Waals surface area contributed by atoms with Gasteiger partial charge in [-0.15, -0.1) is 116 Å². The van der Waals surface area contributed by atoms with Crippen molar-refractivity contribution in [3.63, 3.8) is 0 Å². The summed E-state index contributed by atoms with van der Waals surface area (Å²) in [6.07, 6.45) is 36.0. The van der Waals surface area contributed by atoms with Crippen molar-refractivity contribution in [1.29, 1.82) is 0 Å². The first-order valence-electron chi connectivity index (χ1n) is 40.9. The van der Waals surface area contributed by atoms with E-state index in [4.69, 9.17) is 155 Å². The van der Waals surface area contributed by atoms with E-state index < -0.39 is 16.6 Å². The van der Waals surface area contributed by atoms with Crippen molar-refractivity contribution in [2.75, 3.05) is 0 Å². The van der Waals surface area contributed by atoms with Gasteiger partial charge in [0.25, 0.3) is 0 Å². The summed E-state index contributed by atoms with van der Waals surface area (Å²) >= 11 is 59.1. The quantitative estimate of drug-likeness (QED) is 0.0819. The third-order valence-electron chi connectivity index (χ3n) is 22.1. The van der Waals surface area contributed by atoms with Gasteiger partial charge >= 0.3 is 0 Å². The van der Waals surface area contributed by atoms with Gasteiger partial charge in [0.05, 0.1) is 50.8 Å². The summed E-state index contributed by atoms with van der Waals surface area (Å²) in [6, 6.07) is 39.7. The molecule has 12 rings (SSSR count). The molecule has 0 amide bonds. The standard InChI is InChI=1S/2C13H17ClO.2C12H25ClOSi.2C7H8O.2C6H10Cl2.2C6H11ClO/c2*14-12-6-8-13(9-7-12)15-10-11-4-2-1-3-5-11;2*1-12(2,3)15(4,5)14-11-8-6-10(13)7-9-11;2*8-6-7-4-2-1-3-5-7;2*7-5-1-2-6(8)4-3-5;2*7-5-1-3-6(8)4-2-5/h2*1-5,12-13H,6-10H2;2*10-11H,6-9H2,1-5H3;2*1-5,8H,6H2;2*5-6H,1-4H2;2*5-6,8H,1-4H2. The van der Waals surface area contributed by atoms with Crippen LogP contribution in [0.15, 0.2) is 121 Å². The van der Waals surface area contributed by atoms with Gasteiger partial charge in [-0.1, -0.05) is 163 Å². The molecular formula is C88H142Cl10O8Si2. The van der Waals surface area contributed by atoms with Crippen LogP contribution in [0.1, 0.15) is 269 Å². The minimum absolute atomic E-state index is 0.0648. The molecule has 0 heterocycles. The lowest BCUT2D eigenvalue weighted by atomic mass is 9.97. The number of aliphatic hydroxyl groups is 4. The molecule has 0 atom stereocenters. The predicted molar refractivity (Wildman–Crippen MR) is 475 cm³/mol. The zero-order valence-electron chi connectivity index (χ0n) is 67.4. The van der Waals surface area contributed by atoms with Crippen LogP contribution in [0.25, 0.3) is 0 Å². The fourth-order valence-corrected chi connectivity index (χ4v) is 18.0. The normalized spacial score (nSPS) is 28.6. The molecule has 0 radical (unpaired) electrons. The van der Waals surface area contributed by atoms with Gasteiger partial charge in [0, 0.05) is 66.0 Å². The summed E-state index contributed by atoms with van der Waals surface area (Å²) in [5, 5.41) is 39.5. The Morgan fingerprint density at radius 3 is 0.602 bits per heavy atom. The summed E-state index contributed by atoms with van der Waals surface area (Å²) in [5.41, 5.74) is 4.44. The van der Waals surface area contributed by atoms with Crippen molar-refractivity contribution in [1.82, 2.24) is 0 Å². The maximum absolute atomic E-state index is 8.97. The van der Waals surface area contributed by atoms with E-state index in [1.54, 1.807) is 0 Å². The largest absolute Gasteiger partial charge is 0.414 e. The molecule has 0 bridgehead atoms. The summed E-state index contributed by atoms with van der Waals surface area (Å²) < 4.78 is 24.5. The van der Waals surface area contributed by atoms with E-state index in [9.17, 15) is 0 Å². The Balaban J connectivity index is 0.000000315.